The third-order valence-corrected chi connectivity index (χ3v) is 4.29. The van der Waals surface area contributed by atoms with Crippen LogP contribution in [0.5, 0.6) is 0 Å². The Balaban J connectivity index is 1.70. The molecule has 0 saturated heterocycles. The van der Waals surface area contributed by atoms with Crippen molar-refractivity contribution in [3.05, 3.63) is 83.2 Å². The van der Waals surface area contributed by atoms with E-state index in [1.165, 1.54) is 12.1 Å². The van der Waals surface area contributed by atoms with E-state index in [2.05, 4.69) is 5.32 Å². The van der Waals surface area contributed by atoms with Gasteiger partial charge in [-0.15, -0.1) is 0 Å². The first-order chi connectivity index (χ1) is 11.6. The van der Waals surface area contributed by atoms with E-state index in [0.29, 0.717) is 23.4 Å². The molecular formula is C20H15FN2O. The summed E-state index contributed by atoms with van der Waals surface area (Å²) in [6, 6.07) is 17.4. The molecule has 1 amide bonds. The number of carbonyl (C=O) groups excluding carboxylic acids is 1. The molecule has 4 heteroatoms. The Labute approximate surface area is 138 Å². The molecule has 3 aromatic rings. The highest BCUT2D eigenvalue weighted by Gasteiger charge is 2.24. The largest absolute Gasteiger partial charge is 0.399 e. The van der Waals surface area contributed by atoms with Gasteiger partial charge in [0.05, 0.1) is 0 Å². The number of fused-ring (bicyclic) bond motifs is 3. The van der Waals surface area contributed by atoms with E-state index in [-0.39, 0.29) is 11.7 Å². The second-order valence-corrected chi connectivity index (χ2v) is 5.89. The van der Waals surface area contributed by atoms with Gasteiger partial charge in [0.1, 0.15) is 5.82 Å². The van der Waals surface area contributed by atoms with Gasteiger partial charge >= 0.3 is 0 Å². The van der Waals surface area contributed by atoms with Crippen LogP contribution in [0.25, 0.3) is 11.1 Å². The van der Waals surface area contributed by atoms with Crippen molar-refractivity contribution in [3.8, 4) is 11.1 Å². The van der Waals surface area contributed by atoms with Crippen molar-refractivity contribution >= 4 is 17.3 Å². The maximum Gasteiger partial charge on any atom is 0.255 e. The molecule has 1 aliphatic rings. The number of hydrogen-bond acceptors (Lipinski definition) is 2. The zero-order valence-corrected chi connectivity index (χ0v) is 12.8. The zero-order valence-electron chi connectivity index (χ0n) is 12.8. The van der Waals surface area contributed by atoms with Crippen LogP contribution in [-0.4, -0.2) is 5.91 Å². The van der Waals surface area contributed by atoms with Crippen LogP contribution in [0.3, 0.4) is 0 Å². The van der Waals surface area contributed by atoms with Crippen LogP contribution in [0.15, 0.2) is 60.7 Å². The number of anilines is 2. The van der Waals surface area contributed by atoms with Gasteiger partial charge < -0.3 is 11.1 Å². The van der Waals surface area contributed by atoms with Gasteiger partial charge in [-0.1, -0.05) is 24.3 Å². The zero-order chi connectivity index (χ0) is 16.7. The van der Waals surface area contributed by atoms with Crippen molar-refractivity contribution in [1.82, 2.24) is 0 Å². The minimum atomic E-state index is -0.257. The van der Waals surface area contributed by atoms with Gasteiger partial charge in [0, 0.05) is 16.9 Å². The Morgan fingerprint density at radius 1 is 1.00 bits per heavy atom. The van der Waals surface area contributed by atoms with E-state index < -0.39 is 0 Å². The van der Waals surface area contributed by atoms with Crippen molar-refractivity contribution in [2.45, 2.75) is 6.42 Å². The number of nitrogens with one attached hydrogen (secondary N) is 1. The van der Waals surface area contributed by atoms with Crippen molar-refractivity contribution in [2.75, 3.05) is 11.1 Å². The van der Waals surface area contributed by atoms with Crippen LogP contribution >= 0.6 is 0 Å². The Bertz CT molecular complexity index is 966. The Morgan fingerprint density at radius 2 is 1.83 bits per heavy atom. The fourth-order valence-electron chi connectivity index (χ4n) is 3.22. The van der Waals surface area contributed by atoms with Gasteiger partial charge in [0.25, 0.3) is 5.91 Å². The van der Waals surface area contributed by atoms with Gasteiger partial charge in [-0.3, -0.25) is 4.79 Å². The van der Waals surface area contributed by atoms with Crippen LogP contribution < -0.4 is 11.1 Å². The number of halogens is 1. The predicted molar refractivity (Wildman–Crippen MR) is 93.4 cm³/mol. The molecule has 3 aromatic carbocycles. The predicted octanol–water partition coefficient (Wildman–Crippen LogP) is 4.23. The molecule has 0 aliphatic heterocycles. The SMILES string of the molecule is Nc1cccc(NC(=O)c2cccc3c2Cc2cc(F)ccc2-3)c1. The molecule has 118 valence electrons. The van der Waals surface area contributed by atoms with Crippen LogP contribution in [0.1, 0.15) is 21.5 Å². The first kappa shape index (κ1) is 14.5. The first-order valence-corrected chi connectivity index (χ1v) is 7.69. The molecule has 0 radical (unpaired) electrons. The average molecular weight is 318 g/mol. The second-order valence-electron chi connectivity index (χ2n) is 5.89. The lowest BCUT2D eigenvalue weighted by molar-refractivity contribution is 0.102. The molecule has 0 bridgehead atoms. The quantitative estimate of drug-likeness (QED) is 0.543. The monoisotopic (exact) mass is 318 g/mol. The average Bonchev–Trinajstić information content (AvgIpc) is 2.92. The lowest BCUT2D eigenvalue weighted by Gasteiger charge is -2.10. The highest BCUT2D eigenvalue weighted by Crippen LogP contribution is 2.38. The second kappa shape index (κ2) is 5.49. The van der Waals surface area contributed by atoms with E-state index in [1.54, 1.807) is 36.4 Å². The van der Waals surface area contributed by atoms with Crippen LogP contribution in [-0.2, 0) is 6.42 Å². The molecule has 24 heavy (non-hydrogen) atoms. The Kier molecular flexibility index (Phi) is 3.31. The van der Waals surface area contributed by atoms with Crippen LogP contribution in [0.2, 0.25) is 0 Å². The number of hydrogen-bond donors (Lipinski definition) is 2. The van der Waals surface area contributed by atoms with Gasteiger partial charge in [0.2, 0.25) is 0 Å². The van der Waals surface area contributed by atoms with E-state index in [4.69, 9.17) is 5.73 Å². The molecule has 1 aliphatic carbocycles. The number of nitrogens with two attached hydrogens (primary N) is 1. The maximum atomic E-state index is 13.5. The van der Waals surface area contributed by atoms with E-state index in [1.807, 2.05) is 12.1 Å². The number of rotatable bonds is 2. The third-order valence-electron chi connectivity index (χ3n) is 4.29. The summed E-state index contributed by atoms with van der Waals surface area (Å²) in [6.07, 6.45) is 0.558. The lowest BCUT2D eigenvalue weighted by Crippen LogP contribution is -2.14. The number of carbonyl (C=O) groups is 1. The number of benzene rings is 3. The van der Waals surface area contributed by atoms with Crippen LogP contribution in [0.4, 0.5) is 15.8 Å². The van der Waals surface area contributed by atoms with Crippen molar-refractivity contribution < 1.29 is 9.18 Å². The van der Waals surface area contributed by atoms with Crippen molar-refractivity contribution in [1.29, 1.82) is 0 Å². The lowest BCUT2D eigenvalue weighted by atomic mass is 10.0. The molecule has 0 atom stereocenters. The van der Waals surface area contributed by atoms with Crippen molar-refractivity contribution in [3.63, 3.8) is 0 Å². The molecule has 3 nitrogen and oxygen atoms in total. The minimum Gasteiger partial charge on any atom is -0.399 e. The van der Waals surface area contributed by atoms with Gasteiger partial charge in [-0.05, 0) is 65.1 Å². The summed E-state index contributed by atoms with van der Waals surface area (Å²) in [5.74, 6) is -0.446. The summed E-state index contributed by atoms with van der Waals surface area (Å²) in [6.45, 7) is 0. The smallest absolute Gasteiger partial charge is 0.255 e. The molecule has 0 heterocycles. The Morgan fingerprint density at radius 3 is 2.67 bits per heavy atom. The molecule has 3 N–H and O–H groups in total. The number of nitrogen functional groups attached to an aromatic ring is 1. The standard InChI is InChI=1S/C20H15FN2O/c21-13-7-8-16-12(9-13)10-19-17(16)5-2-6-18(19)20(24)23-15-4-1-3-14(22)11-15/h1-9,11H,10,22H2,(H,23,24). The van der Waals surface area contributed by atoms with Gasteiger partial charge in [0.15, 0.2) is 0 Å². The molecule has 0 spiro atoms. The molecule has 0 saturated carbocycles. The molecule has 4 rings (SSSR count). The highest BCUT2D eigenvalue weighted by molar-refractivity contribution is 6.07. The van der Waals surface area contributed by atoms with Gasteiger partial charge in [-0.2, -0.15) is 0 Å². The summed E-state index contributed by atoms with van der Waals surface area (Å²) in [7, 11) is 0. The Hall–Kier alpha value is -3.14. The molecule has 0 unspecified atom stereocenters. The molecule has 0 aromatic heterocycles. The first-order valence-electron chi connectivity index (χ1n) is 7.69. The fourth-order valence-corrected chi connectivity index (χ4v) is 3.22. The fraction of sp³-hybridized carbons (Fsp3) is 0.0500. The summed E-state index contributed by atoms with van der Waals surface area (Å²) in [5, 5.41) is 2.87. The van der Waals surface area contributed by atoms with Crippen molar-refractivity contribution in [2.24, 2.45) is 0 Å². The highest BCUT2D eigenvalue weighted by atomic mass is 19.1. The molecular weight excluding hydrogens is 303 g/mol. The number of amides is 1. The maximum absolute atomic E-state index is 13.5. The van der Waals surface area contributed by atoms with Gasteiger partial charge in [-0.25, -0.2) is 4.39 Å². The topological polar surface area (TPSA) is 55.1 Å². The summed E-state index contributed by atoms with van der Waals surface area (Å²) >= 11 is 0. The van der Waals surface area contributed by atoms with E-state index in [9.17, 15) is 9.18 Å². The normalized spacial score (nSPS) is 11.7. The minimum absolute atomic E-state index is 0.189. The van der Waals surface area contributed by atoms with E-state index >= 15 is 0 Å². The summed E-state index contributed by atoms with van der Waals surface area (Å²) < 4.78 is 13.5. The molecule has 0 fully saturated rings. The summed E-state index contributed by atoms with van der Waals surface area (Å²) in [4.78, 5) is 12.7. The van der Waals surface area contributed by atoms with E-state index in [0.717, 1.165) is 22.3 Å². The van der Waals surface area contributed by atoms with Crippen LogP contribution in [0, 0.1) is 5.82 Å². The third kappa shape index (κ3) is 2.42. The summed E-state index contributed by atoms with van der Waals surface area (Å²) in [5.41, 5.74) is 11.4.